The molecule has 0 saturated carbocycles. The smallest absolute Gasteiger partial charge is 0.428 e. The predicted octanol–water partition coefficient (Wildman–Crippen LogP) is 6.79. The quantitative estimate of drug-likeness (QED) is 0.211. The Bertz CT molecular complexity index is 408. The van der Waals surface area contributed by atoms with E-state index in [9.17, 15) is 23.1 Å². The molecule has 0 aliphatic carbocycles. The van der Waals surface area contributed by atoms with Crippen LogP contribution < -0.4 is 0 Å². The summed E-state index contributed by atoms with van der Waals surface area (Å²) in [5.74, 6) is -2.26. The molecule has 2 N–H and O–H groups in total. The van der Waals surface area contributed by atoms with Crippen molar-refractivity contribution in [1.29, 1.82) is 0 Å². The zero-order chi connectivity index (χ0) is 20.6. The highest BCUT2D eigenvalue weighted by Crippen LogP contribution is 2.33. The minimum Gasteiger partial charge on any atom is -0.479 e. The van der Waals surface area contributed by atoms with Crippen LogP contribution in [0.3, 0.4) is 0 Å². The first-order valence-corrected chi connectivity index (χ1v) is 10.4. The van der Waals surface area contributed by atoms with E-state index in [-0.39, 0.29) is 0 Å². The molecule has 0 aromatic heterocycles. The molecule has 0 aliphatic rings. The van der Waals surface area contributed by atoms with Crippen LogP contribution in [-0.2, 0) is 4.79 Å². The van der Waals surface area contributed by atoms with Gasteiger partial charge in [-0.3, -0.25) is 0 Å². The number of aliphatic carboxylic acids is 1. The summed E-state index contributed by atoms with van der Waals surface area (Å²) in [5, 5.41) is 17.9. The first kappa shape index (κ1) is 26.0. The largest absolute Gasteiger partial charge is 0.479 e. The molecule has 0 radical (unpaired) electrons. The molecule has 0 spiro atoms. The van der Waals surface area contributed by atoms with E-state index < -0.39 is 24.2 Å². The van der Waals surface area contributed by atoms with Crippen molar-refractivity contribution in [3.8, 4) is 0 Å². The maximum atomic E-state index is 12.6. The van der Waals surface area contributed by atoms with Gasteiger partial charge in [-0.25, -0.2) is 4.79 Å². The van der Waals surface area contributed by atoms with Gasteiger partial charge >= 0.3 is 12.1 Å². The van der Waals surface area contributed by atoms with E-state index in [0.717, 1.165) is 25.3 Å². The molecule has 6 heteroatoms. The average Bonchev–Trinajstić information content (AvgIpc) is 2.60. The molecule has 3 nitrogen and oxygen atoms in total. The van der Waals surface area contributed by atoms with E-state index in [0.29, 0.717) is 6.42 Å². The number of carbonyl (C=O) groups is 1. The monoisotopic (exact) mass is 394 g/mol. The van der Waals surface area contributed by atoms with Crippen LogP contribution in [0.4, 0.5) is 13.2 Å². The average molecular weight is 395 g/mol. The highest BCUT2D eigenvalue weighted by molar-refractivity contribution is 5.78. The second kappa shape index (κ2) is 14.9. The van der Waals surface area contributed by atoms with Gasteiger partial charge in [0.15, 0.2) is 0 Å². The minimum atomic E-state index is -5.18. The maximum absolute atomic E-state index is 12.6. The fourth-order valence-electron chi connectivity index (χ4n) is 2.98. The third-order valence-corrected chi connectivity index (χ3v) is 4.88. The Kier molecular flexibility index (Phi) is 14.4. The van der Waals surface area contributed by atoms with Gasteiger partial charge in [0, 0.05) is 6.42 Å². The van der Waals surface area contributed by atoms with Crippen molar-refractivity contribution in [2.75, 3.05) is 0 Å². The summed E-state index contributed by atoms with van der Waals surface area (Å²) in [6.07, 6.45) is 13.1. The lowest BCUT2D eigenvalue weighted by Crippen LogP contribution is -2.51. The number of halogens is 3. The second-order valence-electron chi connectivity index (χ2n) is 7.37. The molecule has 0 fully saturated rings. The first-order chi connectivity index (χ1) is 12.8. The molecule has 0 amide bonds. The Morgan fingerprint density at radius 3 is 1.56 bits per heavy atom. The van der Waals surface area contributed by atoms with Crippen LogP contribution in [0.15, 0.2) is 12.2 Å². The van der Waals surface area contributed by atoms with Gasteiger partial charge in [-0.05, 0) is 12.8 Å². The van der Waals surface area contributed by atoms with Crippen LogP contribution in [-0.4, -0.2) is 28.0 Å². The van der Waals surface area contributed by atoms with Gasteiger partial charge in [0.2, 0.25) is 0 Å². The summed E-state index contributed by atoms with van der Waals surface area (Å²) >= 11 is 0. The van der Waals surface area contributed by atoms with Crippen LogP contribution in [0.2, 0.25) is 0 Å². The molecule has 27 heavy (non-hydrogen) atoms. The molecule has 0 unspecified atom stereocenters. The highest BCUT2D eigenvalue weighted by atomic mass is 19.4. The fourth-order valence-corrected chi connectivity index (χ4v) is 2.98. The molecular weight excluding hydrogens is 357 g/mol. The van der Waals surface area contributed by atoms with Gasteiger partial charge in [0.25, 0.3) is 5.60 Å². The molecule has 0 heterocycles. The lowest BCUT2D eigenvalue weighted by atomic mass is 9.98. The lowest BCUT2D eigenvalue weighted by Gasteiger charge is -2.24. The van der Waals surface area contributed by atoms with E-state index in [1.165, 1.54) is 70.3 Å². The number of rotatable bonds is 17. The van der Waals surface area contributed by atoms with Crippen LogP contribution >= 0.6 is 0 Å². The van der Waals surface area contributed by atoms with Crippen molar-refractivity contribution in [3.63, 3.8) is 0 Å². The molecule has 0 rings (SSSR count). The third-order valence-electron chi connectivity index (χ3n) is 4.88. The van der Waals surface area contributed by atoms with E-state index in [4.69, 9.17) is 5.11 Å². The van der Waals surface area contributed by atoms with E-state index in [2.05, 4.69) is 6.92 Å². The number of alkyl halides is 3. The molecule has 0 aromatic rings. The number of hydrogen-bond donors (Lipinski definition) is 2. The van der Waals surface area contributed by atoms with Gasteiger partial charge in [-0.1, -0.05) is 96.1 Å². The zero-order valence-corrected chi connectivity index (χ0v) is 16.7. The number of aliphatic hydroxyl groups is 1. The van der Waals surface area contributed by atoms with Crippen LogP contribution in [0.5, 0.6) is 0 Å². The molecule has 0 aliphatic heterocycles. The summed E-state index contributed by atoms with van der Waals surface area (Å²) in [6, 6.07) is 0. The zero-order valence-electron chi connectivity index (χ0n) is 16.7. The van der Waals surface area contributed by atoms with Crippen LogP contribution in [0.1, 0.15) is 103 Å². The topological polar surface area (TPSA) is 57.5 Å². The Hall–Kier alpha value is -1.04. The standard InChI is InChI=1S/C21H37F3O3/c1-2-3-4-5-6-7-8-9-10-11-12-13-14-15-16-17-18-20(27,19(25)26)21(22,23)24/h16-17,27H,2-15,18H2,1H3,(H,25,26)/b17-16-/t20-/m1/s1. The molecule has 160 valence electrons. The summed E-state index contributed by atoms with van der Waals surface area (Å²) in [7, 11) is 0. The number of carboxylic acids is 1. The summed E-state index contributed by atoms with van der Waals surface area (Å²) in [4.78, 5) is 10.7. The van der Waals surface area contributed by atoms with Gasteiger partial charge in [-0.2, -0.15) is 13.2 Å². The molecular formula is C21H37F3O3. The Labute approximate surface area is 162 Å². The third kappa shape index (κ3) is 12.1. The Morgan fingerprint density at radius 1 is 0.778 bits per heavy atom. The van der Waals surface area contributed by atoms with Crippen molar-refractivity contribution in [2.24, 2.45) is 0 Å². The number of unbranched alkanes of at least 4 members (excludes halogenated alkanes) is 13. The Balaban J connectivity index is 3.56. The predicted molar refractivity (Wildman–Crippen MR) is 103 cm³/mol. The summed E-state index contributed by atoms with van der Waals surface area (Å²) in [5.41, 5.74) is -3.69. The molecule has 0 bridgehead atoms. The lowest BCUT2D eigenvalue weighted by molar-refractivity contribution is -0.258. The minimum absolute atomic E-state index is 0.602. The van der Waals surface area contributed by atoms with Crippen molar-refractivity contribution >= 4 is 5.97 Å². The van der Waals surface area contributed by atoms with Crippen molar-refractivity contribution in [2.45, 2.75) is 115 Å². The maximum Gasteiger partial charge on any atom is 0.428 e. The number of carboxylic acid groups (broad SMARTS) is 1. The fraction of sp³-hybridized carbons (Fsp3) is 0.857. The van der Waals surface area contributed by atoms with Crippen molar-refractivity contribution < 1.29 is 28.2 Å². The highest BCUT2D eigenvalue weighted by Gasteiger charge is 2.59. The summed E-state index contributed by atoms with van der Waals surface area (Å²) < 4.78 is 37.8. The normalized spacial score (nSPS) is 14.6. The van der Waals surface area contributed by atoms with Crippen LogP contribution in [0.25, 0.3) is 0 Å². The Morgan fingerprint density at radius 2 is 1.19 bits per heavy atom. The number of hydrogen-bond acceptors (Lipinski definition) is 2. The summed E-state index contributed by atoms with van der Waals surface area (Å²) in [6.45, 7) is 2.23. The van der Waals surface area contributed by atoms with Gasteiger partial charge in [0.05, 0.1) is 0 Å². The van der Waals surface area contributed by atoms with Gasteiger partial charge in [-0.15, -0.1) is 0 Å². The molecule has 1 atom stereocenters. The second-order valence-corrected chi connectivity index (χ2v) is 7.37. The molecule has 0 saturated heterocycles. The van der Waals surface area contributed by atoms with E-state index in [1.807, 2.05) is 0 Å². The van der Waals surface area contributed by atoms with Crippen LogP contribution in [0, 0.1) is 0 Å². The van der Waals surface area contributed by atoms with E-state index in [1.54, 1.807) is 0 Å². The van der Waals surface area contributed by atoms with Crippen molar-refractivity contribution in [1.82, 2.24) is 0 Å². The van der Waals surface area contributed by atoms with Gasteiger partial charge < -0.3 is 10.2 Å². The van der Waals surface area contributed by atoms with Gasteiger partial charge in [0.1, 0.15) is 0 Å². The first-order valence-electron chi connectivity index (χ1n) is 10.4. The van der Waals surface area contributed by atoms with E-state index >= 15 is 0 Å². The SMILES string of the molecule is CCCCCCCCCCCCCCC/C=C\C[C@@](O)(C(=O)O)C(F)(F)F. The molecule has 0 aromatic carbocycles. The number of allylic oxidation sites excluding steroid dienone is 1. The van der Waals surface area contributed by atoms with Crippen molar-refractivity contribution in [3.05, 3.63) is 12.2 Å².